The Morgan fingerprint density at radius 3 is 2.67 bits per heavy atom. The van der Waals surface area contributed by atoms with Crippen LogP contribution in [0.1, 0.15) is 29.6 Å². The first-order chi connectivity index (χ1) is 8.63. The quantitative estimate of drug-likeness (QED) is 0.914. The summed E-state index contributed by atoms with van der Waals surface area (Å²) in [6.07, 6.45) is 3.34. The van der Waals surface area contributed by atoms with Crippen molar-refractivity contribution in [2.45, 2.75) is 25.3 Å². The zero-order valence-electron chi connectivity index (χ0n) is 10.6. The fourth-order valence-electron chi connectivity index (χ4n) is 2.75. The molecular formula is C14H19ClN2O. The molecule has 0 aromatic heterocycles. The van der Waals surface area contributed by atoms with Crippen LogP contribution in [0.15, 0.2) is 24.3 Å². The van der Waals surface area contributed by atoms with Gasteiger partial charge in [-0.25, -0.2) is 0 Å². The molecule has 1 amide bonds. The summed E-state index contributed by atoms with van der Waals surface area (Å²) in [7, 11) is 1.87. The molecule has 4 heteroatoms. The van der Waals surface area contributed by atoms with Crippen LogP contribution in [0.4, 0.5) is 0 Å². The van der Waals surface area contributed by atoms with Gasteiger partial charge in [-0.05, 0) is 49.6 Å². The van der Waals surface area contributed by atoms with Crippen molar-refractivity contribution in [1.82, 2.24) is 4.90 Å². The van der Waals surface area contributed by atoms with E-state index < -0.39 is 0 Å². The number of nitrogens with zero attached hydrogens (tertiary/aromatic N) is 1. The van der Waals surface area contributed by atoms with Crippen molar-refractivity contribution >= 4 is 17.5 Å². The van der Waals surface area contributed by atoms with Crippen LogP contribution in [0.25, 0.3) is 0 Å². The SMILES string of the molecule is CN(C(=O)c1ccc(Cl)cc1)C1CCCC1CN. The van der Waals surface area contributed by atoms with E-state index in [1.807, 2.05) is 11.9 Å². The number of hydrogen-bond donors (Lipinski definition) is 1. The number of hydrogen-bond acceptors (Lipinski definition) is 2. The van der Waals surface area contributed by atoms with Gasteiger partial charge in [-0.2, -0.15) is 0 Å². The molecule has 0 aliphatic heterocycles. The molecular weight excluding hydrogens is 248 g/mol. The summed E-state index contributed by atoms with van der Waals surface area (Å²) in [5.74, 6) is 0.489. The van der Waals surface area contributed by atoms with Gasteiger partial charge in [0, 0.05) is 23.7 Å². The van der Waals surface area contributed by atoms with Crippen molar-refractivity contribution in [3.63, 3.8) is 0 Å². The monoisotopic (exact) mass is 266 g/mol. The van der Waals surface area contributed by atoms with E-state index in [0.29, 0.717) is 23.0 Å². The van der Waals surface area contributed by atoms with Crippen LogP contribution >= 0.6 is 11.6 Å². The molecule has 1 saturated carbocycles. The highest BCUT2D eigenvalue weighted by Crippen LogP contribution is 2.29. The molecule has 2 atom stereocenters. The van der Waals surface area contributed by atoms with Gasteiger partial charge >= 0.3 is 0 Å². The van der Waals surface area contributed by atoms with Gasteiger partial charge in [-0.15, -0.1) is 0 Å². The predicted octanol–water partition coefficient (Wildman–Crippen LogP) is 2.54. The molecule has 0 saturated heterocycles. The lowest BCUT2D eigenvalue weighted by Gasteiger charge is -2.29. The van der Waals surface area contributed by atoms with Gasteiger partial charge in [0.15, 0.2) is 0 Å². The normalized spacial score (nSPS) is 23.1. The Balaban J connectivity index is 2.11. The summed E-state index contributed by atoms with van der Waals surface area (Å²) >= 11 is 5.83. The maximum absolute atomic E-state index is 12.3. The van der Waals surface area contributed by atoms with Crippen molar-refractivity contribution in [2.24, 2.45) is 11.7 Å². The molecule has 1 aliphatic carbocycles. The predicted molar refractivity (Wildman–Crippen MR) is 73.7 cm³/mol. The lowest BCUT2D eigenvalue weighted by Crippen LogP contribution is -2.41. The molecule has 18 heavy (non-hydrogen) atoms. The summed E-state index contributed by atoms with van der Waals surface area (Å²) in [5.41, 5.74) is 6.45. The summed E-state index contributed by atoms with van der Waals surface area (Å²) in [6, 6.07) is 7.31. The van der Waals surface area contributed by atoms with Crippen molar-refractivity contribution < 1.29 is 4.79 Å². The van der Waals surface area contributed by atoms with E-state index in [9.17, 15) is 4.79 Å². The standard InChI is InChI=1S/C14H19ClN2O/c1-17(13-4-2-3-11(13)9-16)14(18)10-5-7-12(15)8-6-10/h5-8,11,13H,2-4,9,16H2,1H3. The molecule has 1 aliphatic rings. The number of nitrogens with two attached hydrogens (primary N) is 1. The lowest BCUT2D eigenvalue weighted by atomic mass is 10.0. The van der Waals surface area contributed by atoms with Crippen LogP contribution in [0, 0.1) is 5.92 Å². The first kappa shape index (κ1) is 13.4. The number of amides is 1. The van der Waals surface area contributed by atoms with E-state index in [-0.39, 0.29) is 11.9 Å². The maximum atomic E-state index is 12.3. The van der Waals surface area contributed by atoms with Crippen molar-refractivity contribution in [3.8, 4) is 0 Å². The second kappa shape index (κ2) is 5.72. The molecule has 3 nitrogen and oxygen atoms in total. The average Bonchev–Trinajstić information content (AvgIpc) is 2.86. The zero-order chi connectivity index (χ0) is 13.1. The van der Waals surface area contributed by atoms with E-state index in [0.717, 1.165) is 19.3 Å². The van der Waals surface area contributed by atoms with Gasteiger partial charge in [0.2, 0.25) is 0 Å². The Hall–Kier alpha value is -1.06. The third-order valence-corrected chi connectivity index (χ3v) is 4.08. The molecule has 1 aromatic carbocycles. The van der Waals surface area contributed by atoms with Crippen LogP contribution < -0.4 is 5.73 Å². The van der Waals surface area contributed by atoms with Gasteiger partial charge in [0.05, 0.1) is 0 Å². The first-order valence-corrected chi connectivity index (χ1v) is 6.74. The highest BCUT2D eigenvalue weighted by Gasteiger charge is 2.31. The highest BCUT2D eigenvalue weighted by atomic mass is 35.5. The van der Waals surface area contributed by atoms with E-state index in [2.05, 4.69) is 0 Å². The van der Waals surface area contributed by atoms with Gasteiger partial charge in [0.25, 0.3) is 5.91 Å². The molecule has 0 heterocycles. The Morgan fingerprint density at radius 2 is 2.06 bits per heavy atom. The second-order valence-corrected chi connectivity index (χ2v) is 5.35. The van der Waals surface area contributed by atoms with Gasteiger partial charge in [0.1, 0.15) is 0 Å². The van der Waals surface area contributed by atoms with Crippen molar-refractivity contribution in [1.29, 1.82) is 0 Å². The minimum Gasteiger partial charge on any atom is -0.338 e. The molecule has 98 valence electrons. The molecule has 0 bridgehead atoms. The fourth-order valence-corrected chi connectivity index (χ4v) is 2.87. The zero-order valence-corrected chi connectivity index (χ0v) is 11.4. The molecule has 0 spiro atoms. The largest absolute Gasteiger partial charge is 0.338 e. The van der Waals surface area contributed by atoms with Gasteiger partial charge < -0.3 is 10.6 Å². The topological polar surface area (TPSA) is 46.3 Å². The Morgan fingerprint density at radius 1 is 1.39 bits per heavy atom. The Labute approximate surface area is 113 Å². The maximum Gasteiger partial charge on any atom is 0.253 e. The highest BCUT2D eigenvalue weighted by molar-refractivity contribution is 6.30. The minimum atomic E-state index is 0.0528. The molecule has 1 aromatic rings. The van der Waals surface area contributed by atoms with Gasteiger partial charge in [-0.1, -0.05) is 18.0 Å². The third kappa shape index (κ3) is 2.68. The first-order valence-electron chi connectivity index (χ1n) is 6.36. The Bertz CT molecular complexity index is 418. The van der Waals surface area contributed by atoms with E-state index in [1.54, 1.807) is 24.3 Å². The van der Waals surface area contributed by atoms with Crippen molar-refractivity contribution in [2.75, 3.05) is 13.6 Å². The molecule has 1 fully saturated rings. The minimum absolute atomic E-state index is 0.0528. The van der Waals surface area contributed by atoms with Crippen LogP contribution in [0.2, 0.25) is 5.02 Å². The summed E-state index contributed by atoms with van der Waals surface area (Å²) in [4.78, 5) is 14.2. The third-order valence-electron chi connectivity index (χ3n) is 3.83. The number of benzene rings is 1. The van der Waals surface area contributed by atoms with E-state index >= 15 is 0 Å². The number of carbonyl (C=O) groups excluding carboxylic acids is 1. The fraction of sp³-hybridized carbons (Fsp3) is 0.500. The Kier molecular flexibility index (Phi) is 4.25. The summed E-state index contributed by atoms with van der Waals surface area (Å²) < 4.78 is 0. The number of halogens is 1. The molecule has 2 rings (SSSR count). The van der Waals surface area contributed by atoms with Crippen molar-refractivity contribution in [3.05, 3.63) is 34.9 Å². The van der Waals surface area contributed by atoms with Crippen LogP contribution in [0.5, 0.6) is 0 Å². The average molecular weight is 267 g/mol. The molecule has 2 N–H and O–H groups in total. The van der Waals surface area contributed by atoms with E-state index in [4.69, 9.17) is 17.3 Å². The summed E-state index contributed by atoms with van der Waals surface area (Å²) in [5, 5.41) is 0.648. The molecule has 2 unspecified atom stereocenters. The van der Waals surface area contributed by atoms with E-state index in [1.165, 1.54) is 0 Å². The smallest absolute Gasteiger partial charge is 0.253 e. The van der Waals surface area contributed by atoms with Crippen LogP contribution in [-0.4, -0.2) is 30.4 Å². The van der Waals surface area contributed by atoms with Gasteiger partial charge in [-0.3, -0.25) is 4.79 Å². The number of rotatable bonds is 3. The molecule has 0 radical (unpaired) electrons. The lowest BCUT2D eigenvalue weighted by molar-refractivity contribution is 0.0700. The van der Waals surface area contributed by atoms with Crippen LogP contribution in [0.3, 0.4) is 0 Å². The van der Waals surface area contributed by atoms with Crippen LogP contribution in [-0.2, 0) is 0 Å². The second-order valence-electron chi connectivity index (χ2n) is 4.92. The summed E-state index contributed by atoms with van der Waals surface area (Å²) in [6.45, 7) is 0.656. The number of carbonyl (C=O) groups is 1.